The van der Waals surface area contributed by atoms with Crippen LogP contribution >= 0.6 is 0 Å². The monoisotopic (exact) mass is 320 g/mol. The number of aromatic amines is 1. The van der Waals surface area contributed by atoms with Crippen molar-refractivity contribution in [2.45, 2.75) is 6.42 Å². The molecule has 0 saturated carbocycles. The molecule has 2 aromatic heterocycles. The van der Waals surface area contributed by atoms with E-state index >= 15 is 0 Å². The number of benzene rings is 2. The quantitative estimate of drug-likeness (QED) is 0.543. The highest BCUT2D eigenvalue weighted by atomic mass is 16.1. The van der Waals surface area contributed by atoms with Crippen LogP contribution in [0.5, 0.6) is 0 Å². The summed E-state index contributed by atoms with van der Waals surface area (Å²) in [6.45, 7) is 0. The van der Waals surface area contributed by atoms with E-state index in [2.05, 4.69) is 20.3 Å². The Bertz CT molecular complexity index is 1140. The molecule has 3 N–H and O–H groups in total. The first kappa shape index (κ1) is 14.1. The second kappa shape index (κ2) is 5.27. The molecule has 2 aromatic carbocycles. The van der Waals surface area contributed by atoms with E-state index in [0.717, 1.165) is 10.8 Å². The number of anilines is 1. The Balaban J connectivity index is 1.70. The molecule has 4 aromatic rings. The number of fused-ring (bicyclic) bond motifs is 2. The van der Waals surface area contributed by atoms with E-state index in [4.69, 9.17) is 5.73 Å². The van der Waals surface area contributed by atoms with E-state index in [1.54, 1.807) is 12.1 Å². The van der Waals surface area contributed by atoms with Crippen LogP contribution in [0, 0.1) is 0 Å². The Morgan fingerprint density at radius 3 is 2.75 bits per heavy atom. The van der Waals surface area contributed by atoms with Crippen LogP contribution in [0.15, 0.2) is 47.3 Å². The lowest BCUT2D eigenvalue weighted by molar-refractivity contribution is 0.0991. The topological polar surface area (TPSA) is 119 Å². The second-order valence-corrected chi connectivity index (χ2v) is 5.35. The number of H-pyrrole nitrogens is 1. The molecule has 8 nitrogen and oxygen atoms in total. The van der Waals surface area contributed by atoms with Gasteiger partial charge in [-0.3, -0.25) is 14.7 Å². The first-order valence-corrected chi connectivity index (χ1v) is 7.23. The number of carbonyl (C=O) groups excluding carboxylic acids is 1. The molecule has 0 aliphatic rings. The molecule has 4 rings (SSSR count). The number of Topliss-reactive ketones (excluding diaryl/α,β-unsaturated/α-hetero) is 1. The fourth-order valence-corrected chi connectivity index (χ4v) is 2.54. The van der Waals surface area contributed by atoms with Gasteiger partial charge in [-0.05, 0) is 16.8 Å². The van der Waals surface area contributed by atoms with Gasteiger partial charge in [-0.25, -0.2) is 4.98 Å². The summed E-state index contributed by atoms with van der Waals surface area (Å²) in [4.78, 5) is 28.6. The minimum Gasteiger partial charge on any atom is -0.366 e. The van der Waals surface area contributed by atoms with Crippen molar-refractivity contribution < 1.29 is 4.79 Å². The largest absolute Gasteiger partial charge is 0.366 e. The smallest absolute Gasteiger partial charge is 0.285 e. The third-order valence-electron chi connectivity index (χ3n) is 3.78. The first-order chi connectivity index (χ1) is 11.6. The summed E-state index contributed by atoms with van der Waals surface area (Å²) in [7, 11) is 0. The normalized spacial score (nSPS) is 11.2. The van der Waals surface area contributed by atoms with Crippen molar-refractivity contribution in [1.29, 1.82) is 0 Å². The van der Waals surface area contributed by atoms with Gasteiger partial charge >= 0.3 is 0 Å². The van der Waals surface area contributed by atoms with Crippen molar-refractivity contribution in [1.82, 2.24) is 24.8 Å². The molecule has 24 heavy (non-hydrogen) atoms. The zero-order valence-electron chi connectivity index (χ0n) is 12.4. The highest BCUT2D eigenvalue weighted by Crippen LogP contribution is 2.16. The molecule has 0 unspecified atom stereocenters. The molecule has 0 atom stereocenters. The second-order valence-electron chi connectivity index (χ2n) is 5.35. The van der Waals surface area contributed by atoms with Gasteiger partial charge in [-0.15, -0.1) is 10.2 Å². The van der Waals surface area contributed by atoms with Gasteiger partial charge < -0.3 is 5.73 Å². The summed E-state index contributed by atoms with van der Waals surface area (Å²) in [6, 6.07) is 13.2. The van der Waals surface area contributed by atoms with Gasteiger partial charge in [-0.2, -0.15) is 4.52 Å². The molecule has 0 aliphatic carbocycles. The van der Waals surface area contributed by atoms with E-state index in [0.29, 0.717) is 5.56 Å². The van der Waals surface area contributed by atoms with Gasteiger partial charge in [0.1, 0.15) is 5.69 Å². The number of nitrogen functional groups attached to an aromatic ring is 1. The van der Waals surface area contributed by atoms with Crippen LogP contribution in [0.2, 0.25) is 0 Å². The molecule has 0 radical (unpaired) electrons. The fraction of sp³-hybridized carbons (Fsp3) is 0.0625. The van der Waals surface area contributed by atoms with Crippen molar-refractivity contribution in [2.24, 2.45) is 0 Å². The summed E-state index contributed by atoms with van der Waals surface area (Å²) < 4.78 is 1.17. The van der Waals surface area contributed by atoms with Crippen LogP contribution in [-0.4, -0.2) is 30.6 Å². The van der Waals surface area contributed by atoms with Crippen LogP contribution in [0.1, 0.15) is 16.1 Å². The van der Waals surface area contributed by atoms with E-state index in [9.17, 15) is 9.59 Å². The van der Waals surface area contributed by atoms with Gasteiger partial charge in [0.15, 0.2) is 5.78 Å². The number of hydrogen-bond donors (Lipinski definition) is 2. The van der Waals surface area contributed by atoms with Crippen molar-refractivity contribution in [2.75, 3.05) is 5.73 Å². The number of hydrogen-bond acceptors (Lipinski definition) is 6. The number of carbonyl (C=O) groups is 1. The Morgan fingerprint density at radius 1 is 1.12 bits per heavy atom. The lowest BCUT2D eigenvalue weighted by atomic mass is 10.0. The average molecular weight is 320 g/mol. The van der Waals surface area contributed by atoms with Gasteiger partial charge in [0, 0.05) is 5.56 Å². The Morgan fingerprint density at radius 2 is 1.92 bits per heavy atom. The zero-order chi connectivity index (χ0) is 16.7. The van der Waals surface area contributed by atoms with Crippen LogP contribution < -0.4 is 11.3 Å². The van der Waals surface area contributed by atoms with Crippen molar-refractivity contribution >= 4 is 28.3 Å². The first-order valence-electron chi connectivity index (χ1n) is 7.23. The summed E-state index contributed by atoms with van der Waals surface area (Å²) in [5.74, 6) is -0.0222. The number of ketones is 1. The Labute approximate surface area is 134 Å². The lowest BCUT2D eigenvalue weighted by Gasteiger charge is -2.03. The van der Waals surface area contributed by atoms with Gasteiger partial charge in [-0.1, -0.05) is 36.4 Å². The molecule has 0 fully saturated rings. The molecule has 8 heteroatoms. The number of nitrogens with zero attached hydrogens (tertiary/aromatic N) is 4. The van der Waals surface area contributed by atoms with Gasteiger partial charge in [0.25, 0.3) is 11.3 Å². The van der Waals surface area contributed by atoms with E-state index in [-0.39, 0.29) is 29.6 Å². The molecule has 0 amide bonds. The molecule has 2 heterocycles. The fourth-order valence-electron chi connectivity index (χ4n) is 2.54. The third kappa shape index (κ3) is 2.30. The average Bonchev–Trinajstić information content (AvgIpc) is 2.95. The summed E-state index contributed by atoms with van der Waals surface area (Å²) in [6.07, 6.45) is -0.128. The predicted molar refractivity (Wildman–Crippen MR) is 87.8 cm³/mol. The van der Waals surface area contributed by atoms with Crippen molar-refractivity contribution in [3.63, 3.8) is 0 Å². The highest BCUT2D eigenvalue weighted by Gasteiger charge is 2.14. The standard InChI is InChI=1S/C16H12N6O2/c17-15-19-20-16-18-12(14(24)21-22(15)16)8-13(23)11-6-5-9-3-1-2-4-10(9)7-11/h1-7H,8H2,(H2,17,19)(H,21,24). The summed E-state index contributed by atoms with van der Waals surface area (Å²) in [5, 5.41) is 11.9. The highest BCUT2D eigenvalue weighted by molar-refractivity contribution is 6.00. The number of aromatic nitrogens is 5. The van der Waals surface area contributed by atoms with E-state index in [1.807, 2.05) is 30.3 Å². The zero-order valence-corrected chi connectivity index (χ0v) is 12.4. The van der Waals surface area contributed by atoms with Gasteiger partial charge in [0.05, 0.1) is 6.42 Å². The minimum absolute atomic E-state index is 0.0296. The summed E-state index contributed by atoms with van der Waals surface area (Å²) >= 11 is 0. The van der Waals surface area contributed by atoms with Gasteiger partial charge in [0.2, 0.25) is 5.95 Å². The van der Waals surface area contributed by atoms with Crippen LogP contribution in [-0.2, 0) is 6.42 Å². The van der Waals surface area contributed by atoms with E-state index < -0.39 is 5.56 Å². The SMILES string of the molecule is Nc1nnc2nc(CC(=O)c3ccc4ccccc4c3)c(=O)[nH]n12. The Kier molecular flexibility index (Phi) is 3.09. The molecule has 0 bridgehead atoms. The molecule has 0 spiro atoms. The number of nitrogens with two attached hydrogens (primary N) is 1. The van der Waals surface area contributed by atoms with E-state index in [1.165, 1.54) is 4.52 Å². The van der Waals surface area contributed by atoms with Crippen molar-refractivity contribution in [3.05, 3.63) is 64.1 Å². The third-order valence-corrected chi connectivity index (χ3v) is 3.78. The van der Waals surface area contributed by atoms with Crippen LogP contribution in [0.25, 0.3) is 16.6 Å². The number of nitrogens with one attached hydrogen (secondary N) is 1. The lowest BCUT2D eigenvalue weighted by Crippen LogP contribution is -2.22. The molecule has 118 valence electrons. The molecular formula is C16H12N6O2. The Hall–Kier alpha value is -3.55. The summed E-state index contributed by atoms with van der Waals surface area (Å²) in [5.41, 5.74) is 5.66. The molecule has 0 saturated heterocycles. The maximum atomic E-state index is 12.5. The predicted octanol–water partition coefficient (Wildman–Crippen LogP) is 0.973. The maximum Gasteiger partial charge on any atom is 0.285 e. The van der Waals surface area contributed by atoms with Crippen LogP contribution in [0.3, 0.4) is 0 Å². The maximum absolute atomic E-state index is 12.5. The minimum atomic E-state index is -0.497. The van der Waals surface area contributed by atoms with Crippen molar-refractivity contribution in [3.8, 4) is 0 Å². The van der Waals surface area contributed by atoms with Crippen LogP contribution in [0.4, 0.5) is 5.95 Å². The number of rotatable bonds is 3. The molecule has 0 aliphatic heterocycles. The molecular weight excluding hydrogens is 308 g/mol.